The third-order valence-electron chi connectivity index (χ3n) is 0.433. The first kappa shape index (κ1) is 9.56. The van der Waals surface area contributed by atoms with Gasteiger partial charge in [0.2, 0.25) is 0 Å². The highest BCUT2D eigenvalue weighted by molar-refractivity contribution is 7.40. The topological polar surface area (TPSA) is 47.9 Å². The largest absolute Gasteiger partial charge is 0.359 e. The van der Waals surface area contributed by atoms with E-state index in [0.717, 1.165) is 0 Å². The molecule has 0 aliphatic carbocycles. The van der Waals surface area contributed by atoms with Crippen molar-refractivity contribution in [2.75, 3.05) is 19.6 Å². The van der Waals surface area contributed by atoms with Crippen molar-refractivity contribution < 1.29 is 19.0 Å². The van der Waals surface area contributed by atoms with Crippen molar-refractivity contribution in [3.05, 3.63) is 0 Å². The molecule has 0 aromatic rings. The quantitative estimate of drug-likeness (QED) is 0.222. The molecular formula is C3H8ClO4P. The van der Waals surface area contributed by atoms with E-state index < -0.39 is 8.60 Å². The van der Waals surface area contributed by atoms with Crippen molar-refractivity contribution in [3.8, 4) is 0 Å². The summed E-state index contributed by atoms with van der Waals surface area (Å²) in [6, 6.07) is 0. The van der Waals surface area contributed by atoms with Crippen LogP contribution in [0.4, 0.5) is 0 Å². The first-order valence-electron chi connectivity index (χ1n) is 2.20. The van der Waals surface area contributed by atoms with Crippen LogP contribution in [0, 0.1) is 0 Å². The summed E-state index contributed by atoms with van der Waals surface area (Å²) in [4.78, 5) is 12.9. The Morgan fingerprint density at radius 3 is 2.78 bits per heavy atom. The standard InChI is InChI=1S/C3H8ClO4P/c1-6-9(5)8-7-3-2-4/h5H,2-3H2,1H3. The van der Waals surface area contributed by atoms with Crippen molar-refractivity contribution in [1.29, 1.82) is 0 Å². The minimum absolute atomic E-state index is 0.240. The van der Waals surface area contributed by atoms with Crippen molar-refractivity contribution in [1.82, 2.24) is 0 Å². The minimum atomic E-state index is -1.87. The summed E-state index contributed by atoms with van der Waals surface area (Å²) < 4.78 is 8.57. The highest BCUT2D eigenvalue weighted by atomic mass is 35.5. The molecule has 0 saturated heterocycles. The van der Waals surface area contributed by atoms with Crippen molar-refractivity contribution >= 4 is 20.2 Å². The Balaban J connectivity index is 2.88. The molecular weight excluding hydrogens is 166 g/mol. The van der Waals surface area contributed by atoms with Gasteiger partial charge in [0.25, 0.3) is 0 Å². The normalized spacial score (nSPS) is 13.7. The molecule has 0 spiro atoms. The summed E-state index contributed by atoms with van der Waals surface area (Å²) >= 11 is 5.21. The predicted molar refractivity (Wildman–Crippen MR) is 33.9 cm³/mol. The molecule has 0 aromatic heterocycles. The lowest BCUT2D eigenvalue weighted by Crippen LogP contribution is -1.94. The van der Waals surface area contributed by atoms with Gasteiger partial charge in [-0.15, -0.1) is 11.6 Å². The van der Waals surface area contributed by atoms with Gasteiger partial charge in [0.1, 0.15) is 0 Å². The zero-order chi connectivity index (χ0) is 7.11. The maximum Gasteiger partial charge on any atom is 0.359 e. The van der Waals surface area contributed by atoms with Crippen LogP contribution in [0.2, 0.25) is 0 Å². The van der Waals surface area contributed by atoms with Crippen LogP contribution in [0.15, 0.2) is 0 Å². The third-order valence-corrected chi connectivity index (χ3v) is 1.13. The van der Waals surface area contributed by atoms with Crippen LogP contribution in [0.5, 0.6) is 0 Å². The lowest BCUT2D eigenvalue weighted by atomic mass is 10.9. The van der Waals surface area contributed by atoms with Crippen LogP contribution < -0.4 is 0 Å². The van der Waals surface area contributed by atoms with Gasteiger partial charge in [0.15, 0.2) is 0 Å². The minimum Gasteiger partial charge on any atom is -0.326 e. The van der Waals surface area contributed by atoms with Gasteiger partial charge in [-0.25, -0.2) is 4.89 Å². The van der Waals surface area contributed by atoms with E-state index in [1.165, 1.54) is 7.11 Å². The maximum absolute atomic E-state index is 8.54. The SMILES string of the molecule is COP(O)OOCCCl. The summed E-state index contributed by atoms with van der Waals surface area (Å²) in [7, 11) is -0.556. The maximum atomic E-state index is 8.54. The van der Waals surface area contributed by atoms with Gasteiger partial charge < -0.3 is 9.42 Å². The van der Waals surface area contributed by atoms with E-state index in [-0.39, 0.29) is 6.61 Å². The van der Waals surface area contributed by atoms with E-state index in [9.17, 15) is 0 Å². The molecule has 0 radical (unpaired) electrons. The Hall–Kier alpha value is 0.560. The Morgan fingerprint density at radius 1 is 1.67 bits per heavy atom. The summed E-state index contributed by atoms with van der Waals surface area (Å²) in [5, 5.41) is 0. The lowest BCUT2D eigenvalue weighted by molar-refractivity contribution is -0.209. The van der Waals surface area contributed by atoms with Crippen molar-refractivity contribution in [2.45, 2.75) is 0 Å². The van der Waals surface area contributed by atoms with E-state index in [1.54, 1.807) is 0 Å². The van der Waals surface area contributed by atoms with Crippen molar-refractivity contribution in [3.63, 3.8) is 0 Å². The van der Waals surface area contributed by atoms with E-state index >= 15 is 0 Å². The molecule has 0 fully saturated rings. The zero-order valence-corrected chi connectivity index (χ0v) is 6.56. The van der Waals surface area contributed by atoms with E-state index in [4.69, 9.17) is 16.5 Å². The van der Waals surface area contributed by atoms with Crippen molar-refractivity contribution in [2.24, 2.45) is 0 Å². The van der Waals surface area contributed by atoms with E-state index in [0.29, 0.717) is 5.88 Å². The molecule has 0 bridgehead atoms. The molecule has 0 saturated carbocycles. The second kappa shape index (κ2) is 6.68. The Bertz CT molecular complexity index is 63.8. The number of halogens is 1. The summed E-state index contributed by atoms with van der Waals surface area (Å²) in [5.41, 5.74) is 0. The Labute approximate surface area is 59.6 Å². The van der Waals surface area contributed by atoms with E-state index in [1.807, 2.05) is 0 Å². The fourth-order valence-electron chi connectivity index (χ4n) is 0.144. The van der Waals surface area contributed by atoms with Crippen LogP contribution in [0.1, 0.15) is 0 Å². The van der Waals surface area contributed by atoms with Crippen LogP contribution >= 0.6 is 20.2 Å². The first-order valence-corrected chi connectivity index (χ1v) is 3.86. The number of alkyl halides is 1. The third kappa shape index (κ3) is 6.45. The van der Waals surface area contributed by atoms with Gasteiger partial charge in [-0.3, -0.25) is 0 Å². The van der Waals surface area contributed by atoms with Gasteiger partial charge in [-0.05, 0) is 0 Å². The smallest absolute Gasteiger partial charge is 0.326 e. The molecule has 1 unspecified atom stereocenters. The molecule has 0 aromatic carbocycles. The second-order valence-corrected chi connectivity index (χ2v) is 2.37. The molecule has 0 heterocycles. The molecule has 1 atom stereocenters. The fraction of sp³-hybridized carbons (Fsp3) is 1.00. The molecule has 4 nitrogen and oxygen atoms in total. The van der Waals surface area contributed by atoms with Crippen LogP contribution in [-0.2, 0) is 14.1 Å². The molecule has 1 N–H and O–H groups in total. The molecule has 0 aliphatic rings. The highest BCUT2D eigenvalue weighted by Crippen LogP contribution is 2.30. The molecule has 6 heteroatoms. The zero-order valence-electron chi connectivity index (χ0n) is 4.91. The first-order chi connectivity index (χ1) is 4.31. The summed E-state index contributed by atoms with van der Waals surface area (Å²) in [6.45, 7) is 0.240. The molecule has 0 rings (SSSR count). The number of rotatable bonds is 5. The van der Waals surface area contributed by atoms with E-state index in [2.05, 4.69) is 14.1 Å². The molecule has 9 heavy (non-hydrogen) atoms. The monoisotopic (exact) mass is 174 g/mol. The fourth-order valence-corrected chi connectivity index (χ4v) is 0.433. The van der Waals surface area contributed by atoms with Gasteiger partial charge in [-0.1, -0.05) is 0 Å². The van der Waals surface area contributed by atoms with Crippen LogP contribution in [-0.4, -0.2) is 24.5 Å². The second-order valence-electron chi connectivity index (χ2n) is 1.01. The van der Waals surface area contributed by atoms with Gasteiger partial charge >= 0.3 is 8.60 Å². The highest BCUT2D eigenvalue weighted by Gasteiger charge is 2.02. The number of hydrogen-bond donors (Lipinski definition) is 1. The summed E-state index contributed by atoms with van der Waals surface area (Å²) in [6.07, 6.45) is 0. The Morgan fingerprint density at radius 2 is 2.33 bits per heavy atom. The summed E-state index contributed by atoms with van der Waals surface area (Å²) in [5.74, 6) is 0.326. The van der Waals surface area contributed by atoms with Crippen LogP contribution in [0.3, 0.4) is 0 Å². The number of hydrogen-bond acceptors (Lipinski definition) is 4. The molecule has 0 amide bonds. The van der Waals surface area contributed by atoms with Gasteiger partial charge in [0.05, 0.1) is 6.61 Å². The van der Waals surface area contributed by atoms with Gasteiger partial charge in [0, 0.05) is 13.0 Å². The Kier molecular flexibility index (Phi) is 7.09. The predicted octanol–water partition coefficient (Wildman–Crippen LogP) is 1.04. The van der Waals surface area contributed by atoms with Crippen LogP contribution in [0.25, 0.3) is 0 Å². The average molecular weight is 175 g/mol. The lowest BCUT2D eigenvalue weighted by Gasteiger charge is -2.03. The molecule has 0 aliphatic heterocycles. The van der Waals surface area contributed by atoms with Gasteiger partial charge in [-0.2, -0.15) is 4.67 Å². The average Bonchev–Trinajstić information content (AvgIpc) is 1.89. The molecule has 56 valence electrons.